The van der Waals surface area contributed by atoms with E-state index in [1.807, 2.05) is 49.4 Å². The minimum Gasteiger partial charge on any atom is -0.493 e. The van der Waals surface area contributed by atoms with E-state index in [0.717, 1.165) is 23.1 Å². The monoisotopic (exact) mass is 485 g/mol. The third kappa shape index (κ3) is 6.82. The number of unbranched alkanes of at least 4 members (excludes halogenated alkanes) is 2. The van der Waals surface area contributed by atoms with Gasteiger partial charge in [-0.25, -0.2) is 0 Å². The molecule has 1 aliphatic rings. The SMILES string of the molecule is COc1cc(/C=C2\SC(=S)N(CCCCCC(=O)O)C2=O)ccc1OCc1ccccc1C. The van der Waals surface area contributed by atoms with E-state index in [-0.39, 0.29) is 12.3 Å². The second-order valence-corrected chi connectivity index (χ2v) is 9.34. The lowest BCUT2D eigenvalue weighted by Crippen LogP contribution is -2.29. The zero-order chi connectivity index (χ0) is 23.8. The topological polar surface area (TPSA) is 76.1 Å². The number of hydrogen-bond donors (Lipinski definition) is 1. The van der Waals surface area contributed by atoms with Crippen molar-refractivity contribution in [2.45, 2.75) is 39.2 Å². The lowest BCUT2D eigenvalue weighted by atomic mass is 10.1. The van der Waals surface area contributed by atoms with Crippen molar-refractivity contribution < 1.29 is 24.2 Å². The molecule has 1 N–H and O–H groups in total. The number of thioether (sulfide) groups is 1. The van der Waals surface area contributed by atoms with E-state index in [9.17, 15) is 9.59 Å². The quantitative estimate of drug-likeness (QED) is 0.258. The first-order valence-electron chi connectivity index (χ1n) is 10.7. The summed E-state index contributed by atoms with van der Waals surface area (Å²) in [4.78, 5) is 25.6. The number of carboxylic acid groups (broad SMARTS) is 1. The molecule has 1 amide bonds. The third-order valence-electron chi connectivity index (χ3n) is 5.28. The van der Waals surface area contributed by atoms with Crippen molar-refractivity contribution in [3.05, 3.63) is 64.1 Å². The van der Waals surface area contributed by atoms with E-state index >= 15 is 0 Å². The highest BCUT2D eigenvalue weighted by Gasteiger charge is 2.31. The van der Waals surface area contributed by atoms with E-state index in [0.29, 0.717) is 46.7 Å². The normalized spacial score (nSPS) is 14.7. The molecule has 1 heterocycles. The van der Waals surface area contributed by atoms with Gasteiger partial charge in [0.25, 0.3) is 5.91 Å². The number of hydrogen-bond acceptors (Lipinski definition) is 6. The molecule has 33 heavy (non-hydrogen) atoms. The van der Waals surface area contributed by atoms with Gasteiger partial charge in [0.1, 0.15) is 10.9 Å². The maximum Gasteiger partial charge on any atom is 0.303 e. The third-order valence-corrected chi connectivity index (χ3v) is 6.65. The number of nitrogens with zero attached hydrogens (tertiary/aromatic N) is 1. The van der Waals surface area contributed by atoms with Crippen LogP contribution in [0.4, 0.5) is 0 Å². The van der Waals surface area contributed by atoms with Gasteiger partial charge in [0, 0.05) is 13.0 Å². The first-order valence-corrected chi connectivity index (χ1v) is 11.9. The molecular weight excluding hydrogens is 458 g/mol. The van der Waals surface area contributed by atoms with Crippen molar-refractivity contribution >= 4 is 46.3 Å². The van der Waals surface area contributed by atoms with E-state index < -0.39 is 5.97 Å². The van der Waals surface area contributed by atoms with E-state index in [4.69, 9.17) is 26.8 Å². The summed E-state index contributed by atoms with van der Waals surface area (Å²) in [5, 5.41) is 8.72. The summed E-state index contributed by atoms with van der Waals surface area (Å²) >= 11 is 6.65. The van der Waals surface area contributed by atoms with Gasteiger partial charge in [-0.3, -0.25) is 14.5 Å². The molecule has 2 aromatic carbocycles. The highest BCUT2D eigenvalue weighted by atomic mass is 32.2. The fourth-order valence-electron chi connectivity index (χ4n) is 3.39. The summed E-state index contributed by atoms with van der Waals surface area (Å²) in [6.45, 7) is 2.98. The molecule has 0 spiro atoms. The van der Waals surface area contributed by atoms with Gasteiger partial charge >= 0.3 is 5.97 Å². The minimum atomic E-state index is -0.800. The number of ether oxygens (including phenoxy) is 2. The summed E-state index contributed by atoms with van der Waals surface area (Å²) < 4.78 is 12.0. The average molecular weight is 486 g/mol. The Hall–Kier alpha value is -2.84. The first-order chi connectivity index (χ1) is 15.9. The Morgan fingerprint density at radius 3 is 2.67 bits per heavy atom. The van der Waals surface area contributed by atoms with Crippen LogP contribution in [0.15, 0.2) is 47.4 Å². The van der Waals surface area contributed by atoms with Gasteiger partial charge in [-0.15, -0.1) is 0 Å². The Bertz CT molecular complexity index is 1070. The van der Waals surface area contributed by atoms with Crippen molar-refractivity contribution in [2.24, 2.45) is 0 Å². The Balaban J connectivity index is 1.63. The zero-order valence-electron chi connectivity index (χ0n) is 18.7. The van der Waals surface area contributed by atoms with Crippen LogP contribution in [-0.4, -0.2) is 39.9 Å². The maximum atomic E-state index is 12.8. The zero-order valence-corrected chi connectivity index (χ0v) is 20.3. The van der Waals surface area contributed by atoms with Gasteiger partial charge in [0.05, 0.1) is 12.0 Å². The largest absolute Gasteiger partial charge is 0.493 e. The Kier molecular flexibility index (Phi) is 8.91. The molecule has 0 saturated carbocycles. The van der Waals surface area contributed by atoms with Crippen LogP contribution >= 0.6 is 24.0 Å². The van der Waals surface area contributed by atoms with Crippen molar-refractivity contribution in [2.75, 3.05) is 13.7 Å². The van der Waals surface area contributed by atoms with Gasteiger partial charge in [0.2, 0.25) is 0 Å². The smallest absolute Gasteiger partial charge is 0.303 e. The molecule has 1 aliphatic heterocycles. The van der Waals surface area contributed by atoms with Crippen molar-refractivity contribution in [1.82, 2.24) is 4.90 Å². The minimum absolute atomic E-state index is 0.123. The van der Waals surface area contributed by atoms with E-state index in [1.165, 1.54) is 11.8 Å². The van der Waals surface area contributed by atoms with Crippen molar-refractivity contribution in [1.29, 1.82) is 0 Å². The Morgan fingerprint density at radius 2 is 1.94 bits per heavy atom. The molecule has 0 radical (unpaired) electrons. The second kappa shape index (κ2) is 11.9. The highest BCUT2D eigenvalue weighted by Crippen LogP contribution is 2.35. The molecule has 0 atom stereocenters. The van der Waals surface area contributed by atoms with Gasteiger partial charge < -0.3 is 14.6 Å². The lowest BCUT2D eigenvalue weighted by Gasteiger charge is -2.14. The van der Waals surface area contributed by atoms with Crippen LogP contribution < -0.4 is 9.47 Å². The van der Waals surface area contributed by atoms with Crippen LogP contribution in [0.2, 0.25) is 0 Å². The second-order valence-electron chi connectivity index (χ2n) is 7.66. The number of thiocarbonyl (C=S) groups is 1. The number of carbonyl (C=O) groups is 2. The molecule has 8 heteroatoms. The van der Waals surface area contributed by atoms with Crippen molar-refractivity contribution in [3.63, 3.8) is 0 Å². The molecule has 6 nitrogen and oxygen atoms in total. The van der Waals surface area contributed by atoms with E-state index in [1.54, 1.807) is 18.1 Å². The lowest BCUT2D eigenvalue weighted by molar-refractivity contribution is -0.137. The number of methoxy groups -OCH3 is 1. The number of benzene rings is 2. The van der Waals surface area contributed by atoms with Crippen LogP contribution in [0.3, 0.4) is 0 Å². The van der Waals surface area contributed by atoms with Crippen LogP contribution in [-0.2, 0) is 16.2 Å². The first kappa shape index (κ1) is 24.8. The maximum absolute atomic E-state index is 12.8. The van der Waals surface area contributed by atoms with Crippen LogP contribution in [0.1, 0.15) is 42.4 Å². The van der Waals surface area contributed by atoms with Gasteiger partial charge in [0.15, 0.2) is 11.5 Å². The summed E-state index contributed by atoms with van der Waals surface area (Å²) in [5.74, 6) is 0.297. The number of carbonyl (C=O) groups excluding carboxylic acids is 1. The van der Waals surface area contributed by atoms with Gasteiger partial charge in [-0.2, -0.15) is 0 Å². The number of aliphatic carboxylic acids is 1. The van der Waals surface area contributed by atoms with Crippen LogP contribution in [0, 0.1) is 6.92 Å². The molecule has 174 valence electrons. The summed E-state index contributed by atoms with van der Waals surface area (Å²) in [7, 11) is 1.59. The predicted molar refractivity (Wildman–Crippen MR) is 134 cm³/mol. The Labute approximate surface area is 203 Å². The number of aryl methyl sites for hydroxylation is 1. The molecule has 0 bridgehead atoms. The molecule has 2 aromatic rings. The van der Waals surface area contributed by atoms with Gasteiger partial charge in [-0.05, 0) is 54.7 Å². The van der Waals surface area contributed by atoms with Gasteiger partial charge in [-0.1, -0.05) is 60.7 Å². The summed E-state index contributed by atoms with van der Waals surface area (Å²) in [6, 6.07) is 13.6. The number of rotatable bonds is 11. The molecule has 1 fully saturated rings. The highest BCUT2D eigenvalue weighted by molar-refractivity contribution is 8.26. The number of amides is 1. The molecule has 0 aromatic heterocycles. The fourth-order valence-corrected chi connectivity index (χ4v) is 4.70. The van der Waals surface area contributed by atoms with Crippen LogP contribution in [0.25, 0.3) is 6.08 Å². The van der Waals surface area contributed by atoms with Crippen molar-refractivity contribution in [3.8, 4) is 11.5 Å². The summed E-state index contributed by atoms with van der Waals surface area (Å²) in [6.07, 6.45) is 4.00. The average Bonchev–Trinajstić information content (AvgIpc) is 3.05. The standard InChI is InChI=1S/C25H27NO5S2/c1-17-8-5-6-9-19(17)16-31-20-12-11-18(14-21(20)30-2)15-22-24(29)26(25(32)33-22)13-7-3-4-10-23(27)28/h5-6,8-9,11-12,14-15H,3-4,7,10,13,16H2,1-2H3,(H,27,28)/b22-15-. The molecule has 0 aliphatic carbocycles. The Morgan fingerprint density at radius 1 is 1.15 bits per heavy atom. The fraction of sp³-hybridized carbons (Fsp3) is 0.320. The summed E-state index contributed by atoms with van der Waals surface area (Å²) in [5.41, 5.74) is 3.09. The molecule has 3 rings (SSSR count). The molecule has 1 saturated heterocycles. The predicted octanol–water partition coefficient (Wildman–Crippen LogP) is 5.43. The van der Waals surface area contributed by atoms with E-state index in [2.05, 4.69) is 0 Å². The number of carboxylic acids is 1. The molecule has 0 unspecified atom stereocenters. The molecular formula is C25H27NO5S2. The van der Waals surface area contributed by atoms with Crippen LogP contribution in [0.5, 0.6) is 11.5 Å².